The largest absolute Gasteiger partial charge is 0.460 e. The fraction of sp³-hybridized carbons (Fsp3) is 0.739. The van der Waals surface area contributed by atoms with Gasteiger partial charge >= 0.3 is 5.97 Å². The van der Waals surface area contributed by atoms with Crippen LogP contribution in [0.25, 0.3) is 0 Å². The molecule has 1 aliphatic heterocycles. The number of esters is 1. The number of ether oxygens (including phenoxy) is 1. The van der Waals surface area contributed by atoms with Crippen molar-refractivity contribution in [1.29, 1.82) is 0 Å². The smallest absolute Gasteiger partial charge is 0.312 e. The van der Waals surface area contributed by atoms with Gasteiger partial charge in [0.15, 0.2) is 0 Å². The van der Waals surface area contributed by atoms with Crippen molar-refractivity contribution in [3.05, 3.63) is 22.8 Å². The first kappa shape index (κ1) is 22.5. The molecule has 0 bridgehead atoms. The van der Waals surface area contributed by atoms with E-state index >= 15 is 0 Å². The number of hydrogen-bond donors (Lipinski definition) is 0. The van der Waals surface area contributed by atoms with E-state index in [-0.39, 0.29) is 11.4 Å². The summed E-state index contributed by atoms with van der Waals surface area (Å²) in [6.07, 6.45) is 9.33. The Bertz CT molecular complexity index is 680. The molecule has 162 valence electrons. The van der Waals surface area contributed by atoms with Crippen molar-refractivity contribution in [3.63, 3.8) is 0 Å². The van der Waals surface area contributed by atoms with Crippen molar-refractivity contribution >= 4 is 27.7 Å². The van der Waals surface area contributed by atoms with E-state index in [1.165, 1.54) is 6.42 Å². The van der Waals surface area contributed by atoms with Crippen LogP contribution in [0.2, 0.25) is 0 Å². The molecule has 1 atom stereocenters. The van der Waals surface area contributed by atoms with E-state index in [9.17, 15) is 4.79 Å². The van der Waals surface area contributed by atoms with Gasteiger partial charge in [0, 0.05) is 29.8 Å². The molecule has 1 saturated heterocycles. The Kier molecular flexibility index (Phi) is 7.26. The van der Waals surface area contributed by atoms with Crippen LogP contribution in [0.15, 0.2) is 22.8 Å². The first-order valence-electron chi connectivity index (χ1n) is 11.0. The summed E-state index contributed by atoms with van der Waals surface area (Å²) < 4.78 is 6.85. The predicted octanol–water partition coefficient (Wildman–Crippen LogP) is 5.04. The van der Waals surface area contributed by atoms with Crippen LogP contribution in [0.3, 0.4) is 0 Å². The first-order chi connectivity index (χ1) is 13.7. The van der Waals surface area contributed by atoms with Gasteiger partial charge in [-0.1, -0.05) is 19.3 Å². The highest BCUT2D eigenvalue weighted by Gasteiger charge is 2.42. The molecule has 29 heavy (non-hydrogen) atoms. The van der Waals surface area contributed by atoms with E-state index in [1.807, 2.05) is 33.0 Å². The molecule has 3 rings (SSSR count). The van der Waals surface area contributed by atoms with Gasteiger partial charge in [-0.05, 0) is 88.1 Å². The molecule has 2 heterocycles. The normalized spacial score (nSPS) is 22.1. The lowest BCUT2D eigenvalue weighted by atomic mass is 9.71. The number of hydrogen-bond acceptors (Lipinski definition) is 5. The summed E-state index contributed by atoms with van der Waals surface area (Å²) in [6, 6.07) is 4.62. The van der Waals surface area contributed by atoms with Crippen LogP contribution in [0.4, 0.5) is 5.82 Å². The summed E-state index contributed by atoms with van der Waals surface area (Å²) >= 11 is 3.46. The molecule has 2 aliphatic rings. The number of rotatable bonds is 6. The third-order valence-electron chi connectivity index (χ3n) is 6.41. The Morgan fingerprint density at radius 3 is 2.66 bits per heavy atom. The summed E-state index contributed by atoms with van der Waals surface area (Å²) in [5.74, 6) is 1.06. The van der Waals surface area contributed by atoms with Gasteiger partial charge < -0.3 is 14.5 Å². The van der Waals surface area contributed by atoms with Gasteiger partial charge in [-0.25, -0.2) is 4.98 Å². The number of anilines is 1. The van der Waals surface area contributed by atoms with Crippen LogP contribution in [-0.2, 0) is 9.53 Å². The number of halogens is 1. The van der Waals surface area contributed by atoms with Gasteiger partial charge in [0.1, 0.15) is 11.4 Å². The molecule has 1 unspecified atom stereocenters. The fourth-order valence-electron chi connectivity index (χ4n) is 4.61. The summed E-state index contributed by atoms with van der Waals surface area (Å²) in [4.78, 5) is 22.4. The van der Waals surface area contributed by atoms with Crippen molar-refractivity contribution in [2.45, 2.75) is 77.4 Å². The molecule has 0 radical (unpaired) electrons. The molecule has 1 aliphatic carbocycles. The quantitative estimate of drug-likeness (QED) is 0.550. The van der Waals surface area contributed by atoms with Gasteiger partial charge in [0.05, 0.1) is 5.41 Å². The minimum atomic E-state index is -0.420. The van der Waals surface area contributed by atoms with Crippen molar-refractivity contribution in [3.8, 4) is 0 Å². The Morgan fingerprint density at radius 2 is 2.03 bits per heavy atom. The highest BCUT2D eigenvalue weighted by Crippen LogP contribution is 2.41. The average molecular weight is 466 g/mol. The average Bonchev–Trinajstić information content (AvgIpc) is 3.16. The van der Waals surface area contributed by atoms with Crippen LogP contribution in [0.5, 0.6) is 0 Å². The zero-order valence-electron chi connectivity index (χ0n) is 18.4. The minimum absolute atomic E-state index is 0.0187. The molecule has 0 N–H and O–H groups in total. The number of carbonyl (C=O) groups excluding carboxylic acids is 1. The van der Waals surface area contributed by atoms with E-state index in [2.05, 4.69) is 43.8 Å². The monoisotopic (exact) mass is 465 g/mol. The number of likely N-dealkylation sites (N-methyl/N-ethyl adjacent to an activating group) is 1. The van der Waals surface area contributed by atoms with Crippen LogP contribution in [-0.4, -0.2) is 54.2 Å². The topological polar surface area (TPSA) is 45.7 Å². The van der Waals surface area contributed by atoms with Gasteiger partial charge in [-0.15, -0.1) is 0 Å². The molecule has 5 nitrogen and oxygen atoms in total. The van der Waals surface area contributed by atoms with Crippen LogP contribution in [0, 0.1) is 5.41 Å². The Labute approximate surface area is 184 Å². The lowest BCUT2D eigenvalue weighted by Gasteiger charge is -2.38. The third-order valence-corrected chi connectivity index (χ3v) is 6.88. The molecule has 2 fully saturated rings. The van der Waals surface area contributed by atoms with Gasteiger partial charge in [-0.2, -0.15) is 0 Å². The van der Waals surface area contributed by atoms with Crippen LogP contribution in [0.1, 0.15) is 65.7 Å². The van der Waals surface area contributed by atoms with E-state index in [0.29, 0.717) is 6.04 Å². The maximum absolute atomic E-state index is 13.1. The molecule has 1 aromatic heterocycles. The highest BCUT2D eigenvalue weighted by molar-refractivity contribution is 9.10. The molecule has 0 spiro atoms. The van der Waals surface area contributed by atoms with Crippen LogP contribution >= 0.6 is 15.9 Å². The molecule has 0 amide bonds. The lowest BCUT2D eigenvalue weighted by Crippen LogP contribution is -2.43. The van der Waals surface area contributed by atoms with Gasteiger partial charge in [-0.3, -0.25) is 4.79 Å². The van der Waals surface area contributed by atoms with E-state index in [0.717, 1.165) is 68.4 Å². The van der Waals surface area contributed by atoms with Crippen molar-refractivity contribution in [2.24, 2.45) is 5.41 Å². The van der Waals surface area contributed by atoms with Crippen LogP contribution < -0.4 is 4.90 Å². The zero-order valence-corrected chi connectivity index (χ0v) is 20.0. The maximum atomic E-state index is 13.1. The summed E-state index contributed by atoms with van der Waals surface area (Å²) in [5, 5.41) is 0. The number of nitrogens with zero attached hydrogens (tertiary/aromatic N) is 3. The van der Waals surface area contributed by atoms with Gasteiger partial charge in [0.25, 0.3) is 0 Å². The Morgan fingerprint density at radius 1 is 1.31 bits per heavy atom. The number of pyridine rings is 1. The SMILES string of the molecule is CN(CCC1(C(=O)OC(C)(C)C)CCCCC1)C1CCN(c2ccc(Br)cn2)C1. The van der Waals surface area contributed by atoms with Crippen molar-refractivity contribution in [1.82, 2.24) is 9.88 Å². The van der Waals surface area contributed by atoms with E-state index in [4.69, 9.17) is 4.74 Å². The Balaban J connectivity index is 1.58. The third kappa shape index (κ3) is 5.94. The maximum Gasteiger partial charge on any atom is 0.312 e. The molecule has 0 aromatic carbocycles. The molecular weight excluding hydrogens is 430 g/mol. The molecule has 1 aromatic rings. The first-order valence-corrected chi connectivity index (χ1v) is 11.8. The van der Waals surface area contributed by atoms with Crippen molar-refractivity contribution < 1.29 is 9.53 Å². The Hall–Kier alpha value is -1.14. The second-order valence-electron chi connectivity index (χ2n) is 9.80. The highest BCUT2D eigenvalue weighted by atomic mass is 79.9. The molecule has 1 saturated carbocycles. The standard InChI is InChI=1S/C23H36BrN3O2/c1-22(2,3)29-21(28)23(11-6-5-7-12-23)13-15-26(4)19-10-14-27(17-19)20-9-8-18(24)16-25-20/h8-9,16,19H,5-7,10-15,17H2,1-4H3. The van der Waals surface area contributed by atoms with Crippen molar-refractivity contribution in [2.75, 3.05) is 31.6 Å². The van der Waals surface area contributed by atoms with E-state index < -0.39 is 5.60 Å². The predicted molar refractivity (Wildman–Crippen MR) is 121 cm³/mol. The molecule has 6 heteroatoms. The minimum Gasteiger partial charge on any atom is -0.460 e. The lowest BCUT2D eigenvalue weighted by molar-refractivity contribution is -0.170. The second kappa shape index (κ2) is 9.34. The fourth-order valence-corrected chi connectivity index (χ4v) is 4.84. The van der Waals surface area contributed by atoms with Gasteiger partial charge in [0.2, 0.25) is 0 Å². The summed E-state index contributed by atoms with van der Waals surface area (Å²) in [7, 11) is 2.20. The number of carbonyl (C=O) groups is 1. The van der Waals surface area contributed by atoms with E-state index in [1.54, 1.807) is 0 Å². The zero-order chi connectivity index (χ0) is 21.1. The second-order valence-corrected chi connectivity index (χ2v) is 10.7. The summed E-state index contributed by atoms with van der Waals surface area (Å²) in [6.45, 7) is 8.86. The summed E-state index contributed by atoms with van der Waals surface area (Å²) in [5.41, 5.74) is -0.720. The number of aromatic nitrogens is 1. The molecular formula is C23H36BrN3O2.